The first kappa shape index (κ1) is 18.2. The molecule has 0 spiro atoms. The fourth-order valence-corrected chi connectivity index (χ4v) is 2.78. The number of guanidine groups is 1. The number of pyridine rings is 1. The maximum atomic E-state index is 5.97. The summed E-state index contributed by atoms with van der Waals surface area (Å²) in [5, 5.41) is 6.75. The van der Waals surface area contributed by atoms with Crippen molar-refractivity contribution >= 4 is 5.96 Å². The van der Waals surface area contributed by atoms with Gasteiger partial charge in [0.05, 0.1) is 6.61 Å². The maximum absolute atomic E-state index is 5.97. The SMILES string of the molecule is CN=C(NCCc1ccncc1C)NCc1ccccc1OCC1CC1. The first-order valence-corrected chi connectivity index (χ1v) is 9.31. The van der Waals surface area contributed by atoms with Crippen LogP contribution < -0.4 is 15.4 Å². The van der Waals surface area contributed by atoms with Gasteiger partial charge >= 0.3 is 0 Å². The van der Waals surface area contributed by atoms with Gasteiger partial charge in [0.15, 0.2) is 5.96 Å². The van der Waals surface area contributed by atoms with E-state index in [0.717, 1.165) is 42.8 Å². The number of hydrogen-bond acceptors (Lipinski definition) is 3. The van der Waals surface area contributed by atoms with Crippen molar-refractivity contribution in [3.63, 3.8) is 0 Å². The average Bonchev–Trinajstić information content (AvgIpc) is 3.49. The molecule has 1 aliphatic rings. The van der Waals surface area contributed by atoms with E-state index in [1.807, 2.05) is 30.6 Å². The van der Waals surface area contributed by atoms with Crippen LogP contribution in [-0.2, 0) is 13.0 Å². The summed E-state index contributed by atoms with van der Waals surface area (Å²) in [5.74, 6) is 2.52. The fraction of sp³-hybridized carbons (Fsp3) is 0.429. The summed E-state index contributed by atoms with van der Waals surface area (Å²) >= 11 is 0. The molecule has 26 heavy (non-hydrogen) atoms. The Morgan fingerprint density at radius 1 is 1.19 bits per heavy atom. The molecule has 5 nitrogen and oxygen atoms in total. The predicted molar refractivity (Wildman–Crippen MR) is 106 cm³/mol. The summed E-state index contributed by atoms with van der Waals surface area (Å²) in [7, 11) is 1.79. The number of hydrogen-bond donors (Lipinski definition) is 2. The number of nitrogens with zero attached hydrogens (tertiary/aromatic N) is 2. The van der Waals surface area contributed by atoms with Crippen molar-refractivity contribution in [1.29, 1.82) is 0 Å². The van der Waals surface area contributed by atoms with Crippen LogP contribution >= 0.6 is 0 Å². The van der Waals surface area contributed by atoms with Gasteiger partial charge in [0.1, 0.15) is 5.75 Å². The van der Waals surface area contributed by atoms with Gasteiger partial charge in [-0.1, -0.05) is 18.2 Å². The standard InChI is InChI=1S/C21H28N4O/c1-16-13-23-11-9-18(16)10-12-24-21(22-2)25-14-19-5-3-4-6-20(19)26-15-17-7-8-17/h3-6,9,11,13,17H,7-8,10,12,14-15H2,1-2H3,(H2,22,24,25). The van der Waals surface area contributed by atoms with Crippen LogP contribution in [0.2, 0.25) is 0 Å². The fourth-order valence-electron chi connectivity index (χ4n) is 2.78. The minimum Gasteiger partial charge on any atom is -0.493 e. The van der Waals surface area contributed by atoms with Gasteiger partial charge in [-0.25, -0.2) is 0 Å². The Labute approximate surface area is 155 Å². The van der Waals surface area contributed by atoms with Crippen molar-refractivity contribution in [2.75, 3.05) is 20.2 Å². The Morgan fingerprint density at radius 3 is 2.81 bits per heavy atom. The summed E-state index contributed by atoms with van der Waals surface area (Å²) in [5.41, 5.74) is 3.68. The predicted octanol–water partition coefficient (Wildman–Crippen LogP) is 3.09. The smallest absolute Gasteiger partial charge is 0.191 e. The zero-order valence-electron chi connectivity index (χ0n) is 15.7. The molecule has 1 aliphatic carbocycles. The van der Waals surface area contributed by atoms with Crippen molar-refractivity contribution in [3.05, 3.63) is 59.4 Å². The largest absolute Gasteiger partial charge is 0.493 e. The first-order valence-electron chi connectivity index (χ1n) is 9.31. The summed E-state index contributed by atoms with van der Waals surface area (Å²) in [6.07, 6.45) is 7.28. The van der Waals surface area contributed by atoms with Crippen molar-refractivity contribution in [3.8, 4) is 5.75 Å². The van der Waals surface area contributed by atoms with E-state index in [-0.39, 0.29) is 0 Å². The highest BCUT2D eigenvalue weighted by Gasteiger charge is 2.22. The Bertz CT molecular complexity index is 740. The van der Waals surface area contributed by atoms with Gasteiger partial charge in [0.25, 0.3) is 0 Å². The van der Waals surface area contributed by atoms with E-state index in [1.54, 1.807) is 7.05 Å². The lowest BCUT2D eigenvalue weighted by molar-refractivity contribution is 0.296. The molecule has 1 fully saturated rings. The molecule has 0 bridgehead atoms. The minimum atomic E-state index is 0.689. The summed E-state index contributed by atoms with van der Waals surface area (Å²) < 4.78 is 5.97. The van der Waals surface area contributed by atoms with E-state index in [2.05, 4.69) is 39.7 Å². The van der Waals surface area contributed by atoms with E-state index in [1.165, 1.54) is 24.0 Å². The number of rotatable bonds is 8. The summed E-state index contributed by atoms with van der Waals surface area (Å²) in [6, 6.07) is 10.3. The monoisotopic (exact) mass is 352 g/mol. The van der Waals surface area contributed by atoms with Crippen LogP contribution in [0.1, 0.15) is 29.5 Å². The van der Waals surface area contributed by atoms with Gasteiger partial charge < -0.3 is 15.4 Å². The van der Waals surface area contributed by atoms with Crippen LogP contribution in [0.4, 0.5) is 0 Å². The molecule has 0 saturated heterocycles. The molecule has 0 unspecified atom stereocenters. The second kappa shape index (κ2) is 9.22. The van der Waals surface area contributed by atoms with Crippen LogP contribution in [0, 0.1) is 12.8 Å². The number of ether oxygens (including phenoxy) is 1. The number of nitrogens with one attached hydrogen (secondary N) is 2. The zero-order valence-corrected chi connectivity index (χ0v) is 15.7. The molecule has 0 aliphatic heterocycles. The van der Waals surface area contributed by atoms with E-state index < -0.39 is 0 Å². The van der Waals surface area contributed by atoms with E-state index in [9.17, 15) is 0 Å². The second-order valence-corrected chi connectivity index (χ2v) is 6.77. The molecular formula is C21H28N4O. The highest BCUT2D eigenvalue weighted by molar-refractivity contribution is 5.79. The Hall–Kier alpha value is -2.56. The van der Waals surface area contributed by atoms with Crippen LogP contribution in [0.5, 0.6) is 5.75 Å². The molecule has 1 heterocycles. The minimum absolute atomic E-state index is 0.689. The van der Waals surface area contributed by atoms with Crippen LogP contribution in [0.25, 0.3) is 0 Å². The lowest BCUT2D eigenvalue weighted by atomic mass is 10.1. The molecule has 1 aromatic carbocycles. The molecule has 138 valence electrons. The molecule has 1 aromatic heterocycles. The molecule has 0 atom stereocenters. The molecule has 1 saturated carbocycles. The van der Waals surface area contributed by atoms with E-state index in [0.29, 0.717) is 6.54 Å². The van der Waals surface area contributed by atoms with Gasteiger partial charge in [-0.15, -0.1) is 0 Å². The van der Waals surface area contributed by atoms with E-state index >= 15 is 0 Å². The van der Waals surface area contributed by atoms with Gasteiger partial charge in [0.2, 0.25) is 0 Å². The Kier molecular flexibility index (Phi) is 6.47. The van der Waals surface area contributed by atoms with Crippen molar-refractivity contribution in [1.82, 2.24) is 15.6 Å². The third-order valence-electron chi connectivity index (χ3n) is 4.64. The molecule has 0 amide bonds. The quantitative estimate of drug-likeness (QED) is 0.566. The molecule has 0 radical (unpaired) electrons. The lowest BCUT2D eigenvalue weighted by Crippen LogP contribution is -2.38. The average molecular weight is 352 g/mol. The molecule has 2 aromatic rings. The molecule has 5 heteroatoms. The number of aliphatic imine (C=N–C) groups is 1. The summed E-state index contributed by atoms with van der Waals surface area (Å²) in [6.45, 7) is 4.43. The second-order valence-electron chi connectivity index (χ2n) is 6.77. The molecular weight excluding hydrogens is 324 g/mol. The number of aryl methyl sites for hydroxylation is 1. The van der Waals surface area contributed by atoms with Gasteiger partial charge in [-0.05, 0) is 55.4 Å². The number of para-hydroxylation sites is 1. The highest BCUT2D eigenvalue weighted by Crippen LogP contribution is 2.30. The highest BCUT2D eigenvalue weighted by atomic mass is 16.5. The van der Waals surface area contributed by atoms with Crippen molar-refractivity contribution in [2.24, 2.45) is 10.9 Å². The normalized spacial score (nSPS) is 14.2. The Morgan fingerprint density at radius 2 is 2.04 bits per heavy atom. The molecule has 3 rings (SSSR count). The lowest BCUT2D eigenvalue weighted by Gasteiger charge is -2.15. The number of aromatic nitrogens is 1. The van der Waals surface area contributed by atoms with Crippen LogP contribution in [0.3, 0.4) is 0 Å². The van der Waals surface area contributed by atoms with Gasteiger partial charge in [0, 0.05) is 38.1 Å². The van der Waals surface area contributed by atoms with Crippen LogP contribution in [0.15, 0.2) is 47.7 Å². The maximum Gasteiger partial charge on any atom is 0.191 e. The van der Waals surface area contributed by atoms with Crippen molar-refractivity contribution < 1.29 is 4.74 Å². The molecule has 2 N–H and O–H groups in total. The Balaban J connectivity index is 1.47. The van der Waals surface area contributed by atoms with Gasteiger partial charge in [-0.3, -0.25) is 9.98 Å². The number of benzene rings is 1. The topological polar surface area (TPSA) is 58.5 Å². The third-order valence-corrected chi connectivity index (χ3v) is 4.64. The van der Waals surface area contributed by atoms with Crippen molar-refractivity contribution in [2.45, 2.75) is 32.7 Å². The van der Waals surface area contributed by atoms with Crippen LogP contribution in [-0.4, -0.2) is 31.1 Å². The van der Waals surface area contributed by atoms with E-state index in [4.69, 9.17) is 4.74 Å². The summed E-state index contributed by atoms with van der Waals surface area (Å²) in [4.78, 5) is 8.45. The van der Waals surface area contributed by atoms with Gasteiger partial charge in [-0.2, -0.15) is 0 Å². The first-order chi connectivity index (χ1) is 12.8. The third kappa shape index (κ3) is 5.48. The zero-order chi connectivity index (χ0) is 18.2.